The van der Waals surface area contributed by atoms with Crippen LogP contribution in [0.3, 0.4) is 0 Å². The molecule has 0 aromatic heterocycles. The SMILES string of the molecule is CCCNC(COCC(C)CCC)c1ccc(OC)cc1. The fourth-order valence-electron chi connectivity index (χ4n) is 2.39. The van der Waals surface area contributed by atoms with Crippen LogP contribution in [-0.4, -0.2) is 26.9 Å². The van der Waals surface area contributed by atoms with Crippen LogP contribution >= 0.6 is 0 Å². The Hall–Kier alpha value is -1.06. The third-order valence-corrected chi connectivity index (χ3v) is 3.63. The van der Waals surface area contributed by atoms with Crippen LogP contribution in [0.25, 0.3) is 0 Å². The second-order valence-electron chi connectivity index (χ2n) is 5.71. The largest absolute Gasteiger partial charge is 0.497 e. The van der Waals surface area contributed by atoms with Crippen molar-refractivity contribution in [1.82, 2.24) is 5.32 Å². The van der Waals surface area contributed by atoms with Gasteiger partial charge in [0, 0.05) is 6.61 Å². The van der Waals surface area contributed by atoms with Gasteiger partial charge in [-0.3, -0.25) is 0 Å². The summed E-state index contributed by atoms with van der Waals surface area (Å²) in [6, 6.07) is 8.51. The smallest absolute Gasteiger partial charge is 0.118 e. The summed E-state index contributed by atoms with van der Waals surface area (Å²) in [5.74, 6) is 1.53. The summed E-state index contributed by atoms with van der Waals surface area (Å²) in [5.41, 5.74) is 1.26. The number of methoxy groups -OCH3 is 1. The van der Waals surface area contributed by atoms with Crippen molar-refractivity contribution in [1.29, 1.82) is 0 Å². The molecule has 3 heteroatoms. The van der Waals surface area contributed by atoms with E-state index in [0.29, 0.717) is 5.92 Å². The lowest BCUT2D eigenvalue weighted by molar-refractivity contribution is 0.0832. The molecule has 0 aliphatic carbocycles. The van der Waals surface area contributed by atoms with Crippen molar-refractivity contribution in [3.63, 3.8) is 0 Å². The van der Waals surface area contributed by atoms with E-state index in [0.717, 1.165) is 31.9 Å². The molecule has 0 heterocycles. The van der Waals surface area contributed by atoms with Crippen LogP contribution in [0.2, 0.25) is 0 Å². The first-order valence-electron chi connectivity index (χ1n) is 8.16. The van der Waals surface area contributed by atoms with Gasteiger partial charge in [0.1, 0.15) is 5.75 Å². The average Bonchev–Trinajstić information content (AvgIpc) is 2.51. The fraction of sp³-hybridized carbons (Fsp3) is 0.667. The standard InChI is InChI=1S/C18H31NO2/c1-5-7-15(3)13-21-14-18(19-12-6-2)16-8-10-17(20-4)11-9-16/h8-11,15,18-19H,5-7,12-14H2,1-4H3. The fourth-order valence-corrected chi connectivity index (χ4v) is 2.39. The summed E-state index contributed by atoms with van der Waals surface area (Å²) in [6.45, 7) is 9.23. The van der Waals surface area contributed by atoms with Gasteiger partial charge >= 0.3 is 0 Å². The van der Waals surface area contributed by atoms with Gasteiger partial charge in [0.05, 0.1) is 19.8 Å². The molecule has 0 radical (unpaired) electrons. The molecule has 0 saturated heterocycles. The summed E-state index contributed by atoms with van der Waals surface area (Å²) in [4.78, 5) is 0. The van der Waals surface area contributed by atoms with Gasteiger partial charge in [-0.05, 0) is 43.0 Å². The predicted molar refractivity (Wildman–Crippen MR) is 88.9 cm³/mol. The number of benzene rings is 1. The van der Waals surface area contributed by atoms with Gasteiger partial charge in [-0.15, -0.1) is 0 Å². The van der Waals surface area contributed by atoms with Crippen LogP contribution in [0.1, 0.15) is 51.6 Å². The van der Waals surface area contributed by atoms with Crippen molar-refractivity contribution in [2.24, 2.45) is 5.92 Å². The van der Waals surface area contributed by atoms with E-state index in [-0.39, 0.29) is 6.04 Å². The van der Waals surface area contributed by atoms with E-state index in [2.05, 4.69) is 38.2 Å². The Bertz CT molecular complexity index is 364. The Morgan fingerprint density at radius 2 is 1.76 bits per heavy atom. The summed E-state index contributed by atoms with van der Waals surface area (Å²) in [6.07, 6.45) is 3.58. The molecular weight excluding hydrogens is 262 g/mol. The third-order valence-electron chi connectivity index (χ3n) is 3.63. The number of nitrogens with one attached hydrogen (secondary N) is 1. The summed E-state index contributed by atoms with van der Waals surface area (Å²) >= 11 is 0. The molecule has 2 unspecified atom stereocenters. The average molecular weight is 293 g/mol. The van der Waals surface area contributed by atoms with Gasteiger partial charge < -0.3 is 14.8 Å². The number of ether oxygens (including phenoxy) is 2. The molecule has 1 N–H and O–H groups in total. The molecule has 2 atom stereocenters. The molecule has 21 heavy (non-hydrogen) atoms. The second kappa shape index (κ2) is 10.6. The zero-order valence-electron chi connectivity index (χ0n) is 14.0. The molecule has 0 aliphatic heterocycles. The minimum absolute atomic E-state index is 0.254. The van der Waals surface area contributed by atoms with Crippen molar-refractivity contribution in [2.45, 2.75) is 46.1 Å². The zero-order valence-corrected chi connectivity index (χ0v) is 14.0. The summed E-state index contributed by atoms with van der Waals surface area (Å²) in [7, 11) is 1.69. The molecule has 3 nitrogen and oxygen atoms in total. The molecule has 120 valence electrons. The summed E-state index contributed by atoms with van der Waals surface area (Å²) in [5, 5.41) is 3.56. The monoisotopic (exact) mass is 293 g/mol. The van der Waals surface area contributed by atoms with Gasteiger partial charge in [0.15, 0.2) is 0 Å². The Morgan fingerprint density at radius 1 is 1.05 bits per heavy atom. The Kier molecular flexibility index (Phi) is 9.11. The van der Waals surface area contributed by atoms with Gasteiger partial charge in [-0.1, -0.05) is 39.3 Å². The molecule has 1 aromatic carbocycles. The van der Waals surface area contributed by atoms with Crippen LogP contribution in [-0.2, 0) is 4.74 Å². The normalized spacial score (nSPS) is 13.9. The lowest BCUT2D eigenvalue weighted by atomic mass is 10.1. The van der Waals surface area contributed by atoms with Crippen LogP contribution in [0.15, 0.2) is 24.3 Å². The van der Waals surface area contributed by atoms with Crippen LogP contribution < -0.4 is 10.1 Å². The first-order valence-corrected chi connectivity index (χ1v) is 8.16. The minimum Gasteiger partial charge on any atom is -0.497 e. The molecule has 1 aromatic rings. The topological polar surface area (TPSA) is 30.5 Å². The minimum atomic E-state index is 0.254. The van der Waals surface area contributed by atoms with Crippen molar-refractivity contribution >= 4 is 0 Å². The molecule has 0 saturated carbocycles. The first-order chi connectivity index (χ1) is 10.2. The van der Waals surface area contributed by atoms with E-state index in [4.69, 9.17) is 9.47 Å². The van der Waals surface area contributed by atoms with Gasteiger partial charge in [0.2, 0.25) is 0 Å². The predicted octanol–water partition coefficient (Wildman–Crippen LogP) is 4.19. The van der Waals surface area contributed by atoms with Gasteiger partial charge in [-0.2, -0.15) is 0 Å². The maximum atomic E-state index is 5.92. The van der Waals surface area contributed by atoms with E-state index < -0.39 is 0 Å². The molecule has 0 fully saturated rings. The highest BCUT2D eigenvalue weighted by atomic mass is 16.5. The van der Waals surface area contributed by atoms with E-state index >= 15 is 0 Å². The summed E-state index contributed by atoms with van der Waals surface area (Å²) < 4.78 is 11.1. The van der Waals surface area contributed by atoms with Crippen LogP contribution in [0.4, 0.5) is 0 Å². The maximum absolute atomic E-state index is 5.92. The van der Waals surface area contributed by atoms with Crippen LogP contribution in [0, 0.1) is 5.92 Å². The zero-order chi connectivity index (χ0) is 15.5. The van der Waals surface area contributed by atoms with Gasteiger partial charge in [0.25, 0.3) is 0 Å². The molecule has 0 spiro atoms. The Labute approximate surface area is 130 Å². The first kappa shape index (κ1) is 18.0. The van der Waals surface area contributed by atoms with E-state index in [1.165, 1.54) is 18.4 Å². The lowest BCUT2D eigenvalue weighted by Crippen LogP contribution is -2.27. The number of rotatable bonds is 11. The van der Waals surface area contributed by atoms with Gasteiger partial charge in [-0.25, -0.2) is 0 Å². The van der Waals surface area contributed by atoms with Crippen LogP contribution in [0.5, 0.6) is 5.75 Å². The van der Waals surface area contributed by atoms with Crippen molar-refractivity contribution in [2.75, 3.05) is 26.9 Å². The highest BCUT2D eigenvalue weighted by Crippen LogP contribution is 2.18. The molecule has 0 amide bonds. The molecule has 0 bridgehead atoms. The molecule has 0 aliphatic rings. The number of hydrogen-bond acceptors (Lipinski definition) is 3. The highest BCUT2D eigenvalue weighted by Gasteiger charge is 2.12. The van der Waals surface area contributed by atoms with E-state index in [1.807, 2.05) is 12.1 Å². The second-order valence-corrected chi connectivity index (χ2v) is 5.71. The quantitative estimate of drug-likeness (QED) is 0.663. The van der Waals surface area contributed by atoms with Crippen molar-refractivity contribution < 1.29 is 9.47 Å². The van der Waals surface area contributed by atoms with Crippen molar-refractivity contribution in [3.8, 4) is 5.75 Å². The highest BCUT2D eigenvalue weighted by molar-refractivity contribution is 5.29. The van der Waals surface area contributed by atoms with E-state index in [9.17, 15) is 0 Å². The van der Waals surface area contributed by atoms with E-state index in [1.54, 1.807) is 7.11 Å². The Balaban J connectivity index is 2.53. The Morgan fingerprint density at radius 3 is 2.33 bits per heavy atom. The molecular formula is C18H31NO2. The number of hydrogen-bond donors (Lipinski definition) is 1. The lowest BCUT2D eigenvalue weighted by Gasteiger charge is -2.20. The van der Waals surface area contributed by atoms with Crippen molar-refractivity contribution in [3.05, 3.63) is 29.8 Å². The maximum Gasteiger partial charge on any atom is 0.118 e. The third kappa shape index (κ3) is 6.96. The molecule has 1 rings (SSSR count).